The first kappa shape index (κ1) is 22.7. The summed E-state index contributed by atoms with van der Waals surface area (Å²) in [6.45, 7) is 0.0614. The van der Waals surface area contributed by atoms with E-state index in [-0.39, 0.29) is 31.2 Å². The number of hydrogen-bond donors (Lipinski definition) is 0. The normalized spacial score (nSPS) is 10.4. The fraction of sp³-hybridized carbons (Fsp3) is 0.217. The maximum atomic E-state index is 13.0. The van der Waals surface area contributed by atoms with Crippen LogP contribution in [0.15, 0.2) is 71.5 Å². The largest absolute Gasteiger partial charge is 0.492 e. The molecule has 8 nitrogen and oxygen atoms in total. The molecule has 0 atom stereocenters. The highest BCUT2D eigenvalue weighted by molar-refractivity contribution is 5.89. The molecule has 1 heterocycles. The minimum Gasteiger partial charge on any atom is -0.492 e. The number of carbonyl (C=O) groups excluding carboxylic acids is 2. The molecule has 2 aromatic carbocycles. The van der Waals surface area contributed by atoms with Crippen LogP contribution in [0.2, 0.25) is 0 Å². The zero-order valence-corrected chi connectivity index (χ0v) is 17.4. The van der Waals surface area contributed by atoms with E-state index in [1.165, 1.54) is 29.2 Å². The Hall–Kier alpha value is -4.01. The predicted molar refractivity (Wildman–Crippen MR) is 114 cm³/mol. The van der Waals surface area contributed by atoms with Crippen molar-refractivity contribution in [1.29, 1.82) is 0 Å². The lowest BCUT2D eigenvalue weighted by molar-refractivity contribution is -0.133. The van der Waals surface area contributed by atoms with Crippen molar-refractivity contribution in [1.82, 2.24) is 14.7 Å². The number of aromatic nitrogens is 2. The first-order valence-electron chi connectivity index (χ1n) is 9.84. The van der Waals surface area contributed by atoms with E-state index in [1.807, 2.05) is 18.2 Å². The minimum absolute atomic E-state index is 0.0988. The van der Waals surface area contributed by atoms with Gasteiger partial charge in [0.15, 0.2) is 12.3 Å². The number of rotatable bonds is 9. The van der Waals surface area contributed by atoms with Gasteiger partial charge in [-0.05, 0) is 35.9 Å². The highest BCUT2D eigenvalue weighted by Crippen LogP contribution is 2.08. The maximum absolute atomic E-state index is 13.0. The van der Waals surface area contributed by atoms with Crippen LogP contribution in [0.25, 0.3) is 0 Å². The molecule has 0 bridgehead atoms. The third-order valence-electron chi connectivity index (χ3n) is 4.48. The number of benzene rings is 2. The van der Waals surface area contributed by atoms with Gasteiger partial charge in [-0.2, -0.15) is 5.10 Å². The molecule has 0 saturated carbocycles. The summed E-state index contributed by atoms with van der Waals surface area (Å²) >= 11 is 0. The van der Waals surface area contributed by atoms with E-state index in [4.69, 9.17) is 9.47 Å². The molecule has 3 rings (SSSR count). The second kappa shape index (κ2) is 10.9. The standard InChI is InChI=1S/C23H22FN3O5/c1-26(15-17-7-9-18(24)10-8-17)22(29)16-32-23(30)20-11-12-21(28)27(25-20)13-14-31-19-5-3-2-4-6-19/h2-12H,13-16H2,1H3. The van der Waals surface area contributed by atoms with Crippen LogP contribution in [0.5, 0.6) is 5.75 Å². The van der Waals surface area contributed by atoms with Crippen molar-refractivity contribution >= 4 is 11.9 Å². The number of likely N-dealkylation sites (N-methyl/N-ethyl adjacent to an activating group) is 1. The molecular formula is C23H22FN3O5. The van der Waals surface area contributed by atoms with Gasteiger partial charge < -0.3 is 14.4 Å². The van der Waals surface area contributed by atoms with Crippen LogP contribution >= 0.6 is 0 Å². The molecule has 1 amide bonds. The molecule has 9 heteroatoms. The summed E-state index contributed by atoms with van der Waals surface area (Å²) in [7, 11) is 1.55. The third-order valence-corrected chi connectivity index (χ3v) is 4.48. The highest BCUT2D eigenvalue weighted by atomic mass is 19.1. The second-order valence-corrected chi connectivity index (χ2v) is 6.89. The molecule has 1 aromatic heterocycles. The number of hydrogen-bond acceptors (Lipinski definition) is 6. The van der Waals surface area contributed by atoms with E-state index in [0.29, 0.717) is 5.75 Å². The van der Waals surface area contributed by atoms with E-state index in [1.54, 1.807) is 31.3 Å². The number of esters is 1. The molecular weight excluding hydrogens is 417 g/mol. The Balaban J connectivity index is 1.51. The molecule has 0 N–H and O–H groups in total. The Morgan fingerprint density at radius 2 is 1.75 bits per heavy atom. The molecule has 0 radical (unpaired) electrons. The van der Waals surface area contributed by atoms with Crippen LogP contribution in [-0.2, 0) is 22.6 Å². The Morgan fingerprint density at radius 1 is 1.03 bits per heavy atom. The summed E-state index contributed by atoms with van der Waals surface area (Å²) in [6, 6.07) is 17.3. The average molecular weight is 439 g/mol. The van der Waals surface area contributed by atoms with E-state index >= 15 is 0 Å². The fourth-order valence-corrected chi connectivity index (χ4v) is 2.75. The van der Waals surface area contributed by atoms with Gasteiger partial charge in [0, 0.05) is 19.7 Å². The van der Waals surface area contributed by atoms with Crippen LogP contribution in [0.4, 0.5) is 4.39 Å². The van der Waals surface area contributed by atoms with Crippen molar-refractivity contribution in [2.45, 2.75) is 13.1 Å². The zero-order chi connectivity index (χ0) is 22.9. The van der Waals surface area contributed by atoms with Gasteiger partial charge in [0.2, 0.25) is 0 Å². The average Bonchev–Trinajstić information content (AvgIpc) is 2.80. The van der Waals surface area contributed by atoms with Gasteiger partial charge >= 0.3 is 5.97 Å². The van der Waals surface area contributed by atoms with E-state index < -0.39 is 24.0 Å². The summed E-state index contributed by atoms with van der Waals surface area (Å²) in [5.74, 6) is -0.977. The van der Waals surface area contributed by atoms with Crippen molar-refractivity contribution in [2.24, 2.45) is 0 Å². The number of para-hydroxylation sites is 1. The van der Waals surface area contributed by atoms with Crippen LogP contribution in [-0.4, -0.2) is 46.8 Å². The fourth-order valence-electron chi connectivity index (χ4n) is 2.75. The van der Waals surface area contributed by atoms with Crippen LogP contribution in [0, 0.1) is 5.82 Å². The van der Waals surface area contributed by atoms with Crippen LogP contribution in [0.3, 0.4) is 0 Å². The summed E-state index contributed by atoms with van der Waals surface area (Å²) in [5.41, 5.74) is 0.242. The van der Waals surface area contributed by atoms with Crippen molar-refractivity contribution < 1.29 is 23.5 Å². The summed E-state index contributed by atoms with van der Waals surface area (Å²) < 4.78 is 24.7. The summed E-state index contributed by atoms with van der Waals surface area (Å²) in [5, 5.41) is 3.99. The molecule has 0 spiro atoms. The minimum atomic E-state index is -0.828. The molecule has 0 unspecified atom stereocenters. The summed E-state index contributed by atoms with van der Waals surface area (Å²) in [4.78, 5) is 37.9. The van der Waals surface area contributed by atoms with Crippen LogP contribution < -0.4 is 10.3 Å². The van der Waals surface area contributed by atoms with E-state index in [0.717, 1.165) is 10.2 Å². The van der Waals surface area contributed by atoms with Gasteiger partial charge in [0.1, 0.15) is 18.2 Å². The molecule has 0 aliphatic carbocycles. The number of amides is 1. The predicted octanol–water partition coefficient (Wildman–Crippen LogP) is 2.28. The molecule has 3 aromatic rings. The third kappa shape index (κ3) is 6.49. The molecule has 0 aliphatic heterocycles. The smallest absolute Gasteiger partial charge is 0.359 e. The molecule has 0 fully saturated rings. The summed E-state index contributed by atoms with van der Waals surface area (Å²) in [6.07, 6.45) is 0. The Labute approximate surface area is 183 Å². The Bertz CT molecular complexity index is 1120. The quantitative estimate of drug-likeness (QED) is 0.475. The lowest BCUT2D eigenvalue weighted by atomic mass is 10.2. The van der Waals surface area contributed by atoms with Gasteiger partial charge in [0.05, 0.1) is 6.54 Å². The number of nitrogens with zero attached hydrogens (tertiary/aromatic N) is 3. The Morgan fingerprint density at radius 3 is 2.47 bits per heavy atom. The lowest BCUT2D eigenvalue weighted by Crippen LogP contribution is -2.31. The van der Waals surface area contributed by atoms with Crippen molar-refractivity contribution in [3.63, 3.8) is 0 Å². The van der Waals surface area contributed by atoms with Gasteiger partial charge in [-0.1, -0.05) is 30.3 Å². The number of carbonyl (C=O) groups is 2. The molecule has 0 aliphatic rings. The SMILES string of the molecule is CN(Cc1ccc(F)cc1)C(=O)COC(=O)c1ccc(=O)n(CCOc2ccccc2)n1. The Kier molecular flexibility index (Phi) is 7.69. The highest BCUT2D eigenvalue weighted by Gasteiger charge is 2.16. The first-order chi connectivity index (χ1) is 15.4. The number of halogens is 1. The monoisotopic (exact) mass is 439 g/mol. The number of ether oxygens (including phenoxy) is 2. The van der Waals surface area contributed by atoms with Crippen molar-refractivity contribution in [3.05, 3.63) is 94.2 Å². The van der Waals surface area contributed by atoms with Crippen LogP contribution in [0.1, 0.15) is 16.1 Å². The van der Waals surface area contributed by atoms with Gasteiger partial charge in [-0.3, -0.25) is 9.59 Å². The van der Waals surface area contributed by atoms with Crippen molar-refractivity contribution in [2.75, 3.05) is 20.3 Å². The molecule has 166 valence electrons. The zero-order valence-electron chi connectivity index (χ0n) is 17.4. The van der Waals surface area contributed by atoms with E-state index in [9.17, 15) is 18.8 Å². The van der Waals surface area contributed by atoms with Gasteiger partial charge in [0.25, 0.3) is 11.5 Å². The van der Waals surface area contributed by atoms with Gasteiger partial charge in [-0.15, -0.1) is 0 Å². The second-order valence-electron chi connectivity index (χ2n) is 6.89. The topological polar surface area (TPSA) is 90.7 Å². The molecule has 32 heavy (non-hydrogen) atoms. The van der Waals surface area contributed by atoms with E-state index in [2.05, 4.69) is 5.10 Å². The van der Waals surface area contributed by atoms with Crippen molar-refractivity contribution in [3.8, 4) is 5.75 Å². The lowest BCUT2D eigenvalue weighted by Gasteiger charge is -2.17. The molecule has 0 saturated heterocycles. The van der Waals surface area contributed by atoms with Gasteiger partial charge in [-0.25, -0.2) is 13.9 Å². The first-order valence-corrected chi connectivity index (χ1v) is 9.84. The maximum Gasteiger partial charge on any atom is 0.359 e.